The molecule has 0 radical (unpaired) electrons. The average Bonchev–Trinajstić information content (AvgIpc) is 2.75. The van der Waals surface area contributed by atoms with Crippen LogP contribution in [0.3, 0.4) is 0 Å². The van der Waals surface area contributed by atoms with Crippen LogP contribution in [0.2, 0.25) is 0 Å². The summed E-state index contributed by atoms with van der Waals surface area (Å²) in [6.45, 7) is 0.243. The molecule has 0 saturated carbocycles. The zero-order valence-corrected chi connectivity index (χ0v) is 11.2. The average molecular weight is 275 g/mol. The predicted octanol–water partition coefficient (Wildman–Crippen LogP) is 2.68. The lowest BCUT2D eigenvalue weighted by Crippen LogP contribution is -2.17. The lowest BCUT2D eigenvalue weighted by atomic mass is 9.78. The molecule has 0 spiro atoms. The maximum Gasteiger partial charge on any atom is 0.347 e. The Morgan fingerprint density at radius 2 is 2.32 bits per heavy atom. The molecular weight excluding hydrogens is 262 g/mol. The van der Waals surface area contributed by atoms with Gasteiger partial charge in [-0.15, -0.1) is 11.3 Å². The number of carboxylic acid groups (broad SMARTS) is 1. The summed E-state index contributed by atoms with van der Waals surface area (Å²) in [6.07, 6.45) is 0.940. The second kappa shape index (κ2) is 4.75. The first-order chi connectivity index (χ1) is 9.20. The molecule has 2 aromatic rings. The third kappa shape index (κ3) is 2.05. The van der Waals surface area contributed by atoms with Gasteiger partial charge in [-0.05, 0) is 17.5 Å². The molecule has 1 atom stereocenters. The Hall–Kier alpha value is -1.72. The molecule has 3 rings (SSSR count). The number of ether oxygens (including phenoxy) is 1. The van der Waals surface area contributed by atoms with Crippen molar-refractivity contribution in [3.05, 3.63) is 51.0 Å². The second-order valence-corrected chi connectivity index (χ2v) is 5.55. The lowest BCUT2D eigenvalue weighted by Gasteiger charge is -2.28. The summed E-state index contributed by atoms with van der Waals surface area (Å²) in [5.74, 6) is -0.687. The summed E-state index contributed by atoms with van der Waals surface area (Å²) in [7, 11) is 1.54. The van der Waals surface area contributed by atoms with Crippen LogP contribution in [-0.4, -0.2) is 23.2 Å². The molecule has 0 amide bonds. The fraction of sp³-hybridized carbons (Fsp3) is 0.286. The molecule has 1 unspecified atom stereocenters. The maximum atomic E-state index is 11.2. The third-order valence-electron chi connectivity index (χ3n) is 3.34. The number of fused-ring (bicyclic) bond motifs is 1. The second-order valence-electron chi connectivity index (χ2n) is 4.52. The summed E-state index contributed by atoms with van der Waals surface area (Å²) in [5.41, 5.74) is 3.12. The van der Waals surface area contributed by atoms with Crippen molar-refractivity contribution >= 4 is 17.3 Å². The molecule has 1 aliphatic carbocycles. The summed E-state index contributed by atoms with van der Waals surface area (Å²) >= 11 is 1.26. The quantitative estimate of drug-likeness (QED) is 0.932. The van der Waals surface area contributed by atoms with E-state index in [9.17, 15) is 9.90 Å². The Balaban J connectivity index is 1.95. The van der Waals surface area contributed by atoms with Gasteiger partial charge in [0.05, 0.1) is 12.3 Å². The van der Waals surface area contributed by atoms with Gasteiger partial charge < -0.3 is 9.84 Å². The number of hydrogen-bond donors (Lipinski definition) is 1. The molecule has 0 fully saturated rings. The van der Waals surface area contributed by atoms with Gasteiger partial charge in [0.1, 0.15) is 9.88 Å². The van der Waals surface area contributed by atoms with Crippen LogP contribution in [0.4, 0.5) is 0 Å². The number of rotatable bonds is 4. The number of aromatic nitrogens is 1. The molecule has 19 heavy (non-hydrogen) atoms. The van der Waals surface area contributed by atoms with E-state index in [1.54, 1.807) is 7.11 Å². The number of carbonyl (C=O) groups is 1. The number of methoxy groups -OCH3 is 1. The number of hydrogen-bond acceptors (Lipinski definition) is 4. The molecular formula is C14H13NO3S. The highest BCUT2D eigenvalue weighted by atomic mass is 32.1. The summed E-state index contributed by atoms with van der Waals surface area (Å²) in [6, 6.07) is 8.22. The zero-order chi connectivity index (χ0) is 13.4. The summed E-state index contributed by atoms with van der Waals surface area (Å²) in [4.78, 5) is 15.9. The molecule has 1 aliphatic rings. The van der Waals surface area contributed by atoms with E-state index in [0.29, 0.717) is 10.6 Å². The Labute approximate surface area is 114 Å². The highest BCUT2D eigenvalue weighted by Gasteiger charge is 2.31. The standard InChI is InChI=1S/C14H13NO3S/c1-18-7-11-12(14(16)17)19-13(15-11)10-6-8-4-2-3-5-9(8)10/h2-5,10H,6-7H2,1H3,(H,16,17). The van der Waals surface area contributed by atoms with Gasteiger partial charge in [0, 0.05) is 13.0 Å². The normalized spacial score (nSPS) is 16.8. The number of carboxylic acids is 1. The van der Waals surface area contributed by atoms with Crippen molar-refractivity contribution in [3.63, 3.8) is 0 Å². The minimum Gasteiger partial charge on any atom is -0.477 e. The Kier molecular flexibility index (Phi) is 3.08. The Bertz CT molecular complexity index is 635. The molecule has 4 nitrogen and oxygen atoms in total. The van der Waals surface area contributed by atoms with Crippen molar-refractivity contribution in [2.45, 2.75) is 18.9 Å². The van der Waals surface area contributed by atoms with E-state index in [2.05, 4.69) is 17.1 Å². The van der Waals surface area contributed by atoms with Gasteiger partial charge in [0.15, 0.2) is 0 Å². The number of nitrogens with zero attached hydrogens (tertiary/aromatic N) is 1. The van der Waals surface area contributed by atoms with Crippen LogP contribution in [0.15, 0.2) is 24.3 Å². The van der Waals surface area contributed by atoms with Crippen molar-refractivity contribution in [2.24, 2.45) is 0 Å². The Morgan fingerprint density at radius 3 is 3.00 bits per heavy atom. The summed E-state index contributed by atoms with van der Waals surface area (Å²) < 4.78 is 5.01. The van der Waals surface area contributed by atoms with Gasteiger partial charge in [-0.3, -0.25) is 0 Å². The van der Waals surface area contributed by atoms with Crippen LogP contribution in [-0.2, 0) is 17.8 Å². The van der Waals surface area contributed by atoms with Crippen molar-refractivity contribution in [1.29, 1.82) is 0 Å². The van der Waals surface area contributed by atoms with E-state index in [4.69, 9.17) is 4.74 Å². The topological polar surface area (TPSA) is 59.4 Å². The predicted molar refractivity (Wildman–Crippen MR) is 71.8 cm³/mol. The minimum atomic E-state index is -0.927. The van der Waals surface area contributed by atoms with Crippen LogP contribution in [0.1, 0.15) is 37.4 Å². The first kappa shape index (κ1) is 12.3. The van der Waals surface area contributed by atoms with E-state index in [0.717, 1.165) is 11.4 Å². The molecule has 1 aromatic carbocycles. The van der Waals surface area contributed by atoms with Crippen molar-refractivity contribution < 1.29 is 14.6 Å². The molecule has 0 bridgehead atoms. The monoisotopic (exact) mass is 275 g/mol. The van der Waals surface area contributed by atoms with Crippen LogP contribution in [0.5, 0.6) is 0 Å². The zero-order valence-electron chi connectivity index (χ0n) is 10.4. The van der Waals surface area contributed by atoms with E-state index in [-0.39, 0.29) is 12.5 Å². The van der Waals surface area contributed by atoms with Gasteiger partial charge in [-0.2, -0.15) is 0 Å². The minimum absolute atomic E-state index is 0.241. The van der Waals surface area contributed by atoms with Gasteiger partial charge in [0.25, 0.3) is 0 Å². The van der Waals surface area contributed by atoms with Crippen LogP contribution in [0.25, 0.3) is 0 Å². The Morgan fingerprint density at radius 1 is 1.53 bits per heavy atom. The molecule has 5 heteroatoms. The molecule has 1 N–H and O–H groups in total. The van der Waals surface area contributed by atoms with E-state index < -0.39 is 5.97 Å². The van der Waals surface area contributed by atoms with Crippen LogP contribution >= 0.6 is 11.3 Å². The first-order valence-corrected chi connectivity index (χ1v) is 6.82. The van der Waals surface area contributed by atoms with Crippen molar-refractivity contribution in [3.8, 4) is 0 Å². The highest BCUT2D eigenvalue weighted by molar-refractivity contribution is 7.13. The van der Waals surface area contributed by atoms with Gasteiger partial charge in [-0.1, -0.05) is 24.3 Å². The first-order valence-electron chi connectivity index (χ1n) is 6.00. The van der Waals surface area contributed by atoms with Gasteiger partial charge >= 0.3 is 5.97 Å². The van der Waals surface area contributed by atoms with E-state index >= 15 is 0 Å². The number of benzene rings is 1. The molecule has 1 heterocycles. The molecule has 0 saturated heterocycles. The van der Waals surface area contributed by atoms with E-state index in [1.165, 1.54) is 22.5 Å². The van der Waals surface area contributed by atoms with Gasteiger partial charge in [-0.25, -0.2) is 9.78 Å². The summed E-state index contributed by atoms with van der Waals surface area (Å²) in [5, 5.41) is 10.1. The van der Waals surface area contributed by atoms with Crippen molar-refractivity contribution in [1.82, 2.24) is 4.98 Å². The largest absolute Gasteiger partial charge is 0.477 e. The fourth-order valence-electron chi connectivity index (χ4n) is 2.40. The lowest BCUT2D eigenvalue weighted by molar-refractivity contribution is 0.0697. The maximum absolute atomic E-state index is 11.2. The number of aromatic carboxylic acids is 1. The van der Waals surface area contributed by atoms with Gasteiger partial charge in [0.2, 0.25) is 0 Å². The number of thiazole rings is 1. The SMILES string of the molecule is COCc1nc(C2Cc3ccccc32)sc1C(=O)O. The van der Waals surface area contributed by atoms with Crippen LogP contribution < -0.4 is 0 Å². The molecule has 0 aliphatic heterocycles. The fourth-order valence-corrected chi connectivity index (χ4v) is 3.43. The van der Waals surface area contributed by atoms with E-state index in [1.807, 2.05) is 12.1 Å². The van der Waals surface area contributed by atoms with Crippen LogP contribution in [0, 0.1) is 0 Å². The van der Waals surface area contributed by atoms with Crippen molar-refractivity contribution in [2.75, 3.05) is 7.11 Å². The third-order valence-corrected chi connectivity index (χ3v) is 4.54. The smallest absolute Gasteiger partial charge is 0.347 e. The molecule has 98 valence electrons. The molecule has 1 aromatic heterocycles. The highest BCUT2D eigenvalue weighted by Crippen LogP contribution is 2.42.